The Labute approximate surface area is 145 Å². The Balaban J connectivity index is 2.73. The molecule has 0 atom stereocenters. The minimum absolute atomic E-state index is 0.0236. The van der Waals surface area contributed by atoms with Gasteiger partial charge >= 0.3 is 0 Å². The van der Waals surface area contributed by atoms with Crippen LogP contribution in [0.3, 0.4) is 0 Å². The maximum absolute atomic E-state index is 12.3. The number of aryl methyl sites for hydroxylation is 2. The summed E-state index contributed by atoms with van der Waals surface area (Å²) in [7, 11) is -3.34. The van der Waals surface area contributed by atoms with Crippen molar-refractivity contribution in [1.29, 1.82) is 0 Å². The molecule has 138 valence electrons. The zero-order chi connectivity index (χ0) is 18.5. The molecule has 0 aromatic heterocycles. The number of hydrogen-bond donors (Lipinski definition) is 1. The lowest BCUT2D eigenvalue weighted by Crippen LogP contribution is -2.41. The molecule has 9 heteroatoms. The number of hydrogen-bond acceptors (Lipinski definition) is 5. The maximum atomic E-state index is 12.3. The summed E-state index contributed by atoms with van der Waals surface area (Å²) in [5.74, 6) is 0. The number of likely N-dealkylation sites (N-methyl/N-ethyl adjacent to an activating group) is 1. The number of nitrogens with zero attached hydrogens (tertiary/aromatic N) is 2. The topological polar surface area (TPSA) is 86.8 Å². The second kappa shape index (κ2) is 8.39. The van der Waals surface area contributed by atoms with Crippen molar-refractivity contribution in [2.45, 2.75) is 18.7 Å². The molecule has 0 spiro atoms. The van der Waals surface area contributed by atoms with Crippen LogP contribution in [-0.2, 0) is 20.0 Å². The van der Waals surface area contributed by atoms with Crippen LogP contribution < -0.4 is 4.72 Å². The van der Waals surface area contributed by atoms with Crippen molar-refractivity contribution in [3.05, 3.63) is 29.3 Å². The Kier molecular flexibility index (Phi) is 7.36. The van der Waals surface area contributed by atoms with Gasteiger partial charge in [0.25, 0.3) is 0 Å². The van der Waals surface area contributed by atoms with Crippen molar-refractivity contribution < 1.29 is 16.8 Å². The van der Waals surface area contributed by atoms with Gasteiger partial charge in [-0.05, 0) is 51.2 Å². The average Bonchev–Trinajstić information content (AvgIpc) is 2.43. The first-order chi connectivity index (χ1) is 10.9. The summed E-state index contributed by atoms with van der Waals surface area (Å²) in [6.07, 6.45) is 1.13. The van der Waals surface area contributed by atoms with Crippen LogP contribution in [0.4, 0.5) is 0 Å². The molecule has 0 aliphatic rings. The van der Waals surface area contributed by atoms with E-state index in [1.807, 2.05) is 32.8 Å². The van der Waals surface area contributed by atoms with E-state index in [9.17, 15) is 16.8 Å². The van der Waals surface area contributed by atoms with Crippen molar-refractivity contribution in [1.82, 2.24) is 13.9 Å². The van der Waals surface area contributed by atoms with E-state index >= 15 is 0 Å². The number of sulfonamides is 2. The molecule has 0 amide bonds. The van der Waals surface area contributed by atoms with Gasteiger partial charge in [-0.2, -0.15) is 4.31 Å². The molecule has 0 fully saturated rings. The predicted molar refractivity (Wildman–Crippen MR) is 96.1 cm³/mol. The second-order valence-corrected chi connectivity index (χ2v) is 9.86. The van der Waals surface area contributed by atoms with Gasteiger partial charge in [0.05, 0.1) is 11.2 Å². The van der Waals surface area contributed by atoms with Crippen LogP contribution in [0.25, 0.3) is 0 Å². The first-order valence-corrected chi connectivity index (χ1v) is 10.9. The van der Waals surface area contributed by atoms with Crippen LogP contribution in [0.5, 0.6) is 0 Å². The van der Waals surface area contributed by atoms with Gasteiger partial charge in [-0.1, -0.05) is 6.07 Å². The van der Waals surface area contributed by atoms with Gasteiger partial charge in [-0.15, -0.1) is 0 Å². The Morgan fingerprint density at radius 2 is 1.58 bits per heavy atom. The minimum atomic E-state index is -3.65. The summed E-state index contributed by atoms with van der Waals surface area (Å²) in [4.78, 5) is 2.06. The van der Waals surface area contributed by atoms with Crippen LogP contribution in [0.15, 0.2) is 23.1 Å². The molecular weight excluding hydrogens is 350 g/mol. The van der Waals surface area contributed by atoms with Crippen molar-refractivity contribution in [2.75, 3.05) is 46.5 Å². The molecule has 1 rings (SSSR count). The third kappa shape index (κ3) is 6.48. The van der Waals surface area contributed by atoms with Gasteiger partial charge in [0, 0.05) is 26.2 Å². The molecule has 7 nitrogen and oxygen atoms in total. The zero-order valence-corrected chi connectivity index (χ0v) is 16.5. The quantitative estimate of drug-likeness (QED) is 0.673. The fraction of sp³-hybridized carbons (Fsp3) is 0.600. The van der Waals surface area contributed by atoms with Crippen LogP contribution in [-0.4, -0.2) is 72.6 Å². The van der Waals surface area contributed by atoms with Gasteiger partial charge in [0.1, 0.15) is 0 Å². The molecule has 0 bridgehead atoms. The van der Waals surface area contributed by atoms with E-state index in [0.29, 0.717) is 13.1 Å². The molecule has 0 aliphatic carbocycles. The molecule has 1 aromatic rings. The Morgan fingerprint density at radius 3 is 2.08 bits per heavy atom. The smallest absolute Gasteiger partial charge is 0.240 e. The first kappa shape index (κ1) is 21.0. The lowest BCUT2D eigenvalue weighted by Gasteiger charge is -2.22. The van der Waals surface area contributed by atoms with Gasteiger partial charge in [0.2, 0.25) is 20.0 Å². The molecule has 0 aliphatic heterocycles. The van der Waals surface area contributed by atoms with E-state index in [1.165, 1.54) is 4.31 Å². The van der Waals surface area contributed by atoms with Crippen LogP contribution >= 0.6 is 0 Å². The third-order valence-corrected chi connectivity index (χ3v) is 6.47. The fourth-order valence-electron chi connectivity index (χ4n) is 2.02. The lowest BCUT2D eigenvalue weighted by atomic mass is 10.1. The van der Waals surface area contributed by atoms with Crippen molar-refractivity contribution in [3.8, 4) is 0 Å². The Hall–Kier alpha value is -1.00. The summed E-state index contributed by atoms with van der Waals surface area (Å²) >= 11 is 0. The van der Waals surface area contributed by atoms with Crippen molar-refractivity contribution >= 4 is 20.0 Å². The number of nitrogens with one attached hydrogen (secondary N) is 1. The van der Waals surface area contributed by atoms with E-state index in [4.69, 9.17) is 0 Å². The van der Waals surface area contributed by atoms with Gasteiger partial charge < -0.3 is 4.90 Å². The molecule has 0 radical (unpaired) electrons. The monoisotopic (exact) mass is 377 g/mol. The Bertz CT molecular complexity index is 759. The van der Waals surface area contributed by atoms with Crippen LogP contribution in [0.2, 0.25) is 0 Å². The standard InChI is InChI=1S/C15H27N3O4S2/c1-13-6-7-15(12-14(13)2)24(21,22)16-8-9-18(23(5,19)20)11-10-17(3)4/h6-7,12,16H,8-11H2,1-5H3. The summed E-state index contributed by atoms with van der Waals surface area (Å²) < 4.78 is 51.9. The molecular formula is C15H27N3O4S2. The van der Waals surface area contributed by atoms with E-state index in [1.54, 1.807) is 18.2 Å². The largest absolute Gasteiger partial charge is 0.308 e. The lowest BCUT2D eigenvalue weighted by molar-refractivity contribution is 0.336. The van der Waals surface area contributed by atoms with E-state index in [0.717, 1.165) is 17.4 Å². The first-order valence-electron chi connectivity index (χ1n) is 7.60. The van der Waals surface area contributed by atoms with Crippen LogP contribution in [0.1, 0.15) is 11.1 Å². The van der Waals surface area contributed by atoms with Crippen molar-refractivity contribution in [3.63, 3.8) is 0 Å². The average molecular weight is 378 g/mol. The van der Waals surface area contributed by atoms with E-state index in [-0.39, 0.29) is 18.0 Å². The Morgan fingerprint density at radius 1 is 0.958 bits per heavy atom. The molecule has 0 saturated carbocycles. The summed E-state index contributed by atoms with van der Waals surface area (Å²) in [6, 6.07) is 4.91. The predicted octanol–water partition coefficient (Wildman–Crippen LogP) is 0.405. The summed E-state index contributed by atoms with van der Waals surface area (Å²) in [6.45, 7) is 4.76. The fourth-order valence-corrected chi connectivity index (χ4v) is 3.97. The summed E-state index contributed by atoms with van der Waals surface area (Å²) in [5, 5.41) is 0. The highest BCUT2D eigenvalue weighted by Gasteiger charge is 2.19. The van der Waals surface area contributed by atoms with Gasteiger partial charge in [-0.3, -0.25) is 0 Å². The van der Waals surface area contributed by atoms with Gasteiger partial charge in [0.15, 0.2) is 0 Å². The molecule has 0 saturated heterocycles. The number of benzene rings is 1. The van der Waals surface area contributed by atoms with E-state index in [2.05, 4.69) is 4.72 Å². The molecule has 0 unspecified atom stereocenters. The molecule has 0 heterocycles. The normalized spacial score (nSPS) is 13.0. The van der Waals surface area contributed by atoms with Gasteiger partial charge in [-0.25, -0.2) is 21.6 Å². The minimum Gasteiger partial charge on any atom is -0.308 e. The highest BCUT2D eigenvalue weighted by molar-refractivity contribution is 7.89. The highest BCUT2D eigenvalue weighted by Crippen LogP contribution is 2.14. The maximum Gasteiger partial charge on any atom is 0.240 e. The molecule has 1 N–H and O–H groups in total. The highest BCUT2D eigenvalue weighted by atomic mass is 32.2. The summed E-state index contributed by atoms with van der Waals surface area (Å²) in [5.41, 5.74) is 1.91. The molecule has 24 heavy (non-hydrogen) atoms. The number of rotatable bonds is 9. The SMILES string of the molecule is Cc1ccc(S(=O)(=O)NCCN(CCN(C)C)S(C)(=O)=O)cc1C. The van der Waals surface area contributed by atoms with E-state index < -0.39 is 20.0 Å². The third-order valence-electron chi connectivity index (χ3n) is 3.71. The van der Waals surface area contributed by atoms with Crippen LogP contribution in [0, 0.1) is 13.8 Å². The zero-order valence-electron chi connectivity index (χ0n) is 14.9. The van der Waals surface area contributed by atoms with Crippen molar-refractivity contribution in [2.24, 2.45) is 0 Å². The second-order valence-electron chi connectivity index (χ2n) is 6.11. The molecule has 1 aromatic carbocycles.